The van der Waals surface area contributed by atoms with Crippen LogP contribution in [0.1, 0.15) is 24.0 Å². The predicted molar refractivity (Wildman–Crippen MR) is 101 cm³/mol. The standard InChI is InChI=1S/C19H23ClN2O2S/c1-15-7-8-19(18(20)13-15)25(23,24)21-17-9-11-22(12-10-17)14-16-5-3-2-4-6-16/h2-8,13,17,21H,9-12,14H2,1H3. The van der Waals surface area contributed by atoms with E-state index in [4.69, 9.17) is 11.6 Å². The number of benzene rings is 2. The lowest BCUT2D eigenvalue weighted by molar-refractivity contribution is 0.200. The van der Waals surface area contributed by atoms with E-state index in [2.05, 4.69) is 21.8 Å². The van der Waals surface area contributed by atoms with Crippen LogP contribution in [0.25, 0.3) is 0 Å². The number of rotatable bonds is 5. The molecule has 2 aromatic carbocycles. The molecule has 0 aliphatic carbocycles. The highest BCUT2D eigenvalue weighted by Crippen LogP contribution is 2.24. The molecule has 1 aliphatic rings. The Morgan fingerprint density at radius 1 is 1.12 bits per heavy atom. The second-order valence-corrected chi connectivity index (χ2v) is 8.68. The molecule has 4 nitrogen and oxygen atoms in total. The summed E-state index contributed by atoms with van der Waals surface area (Å²) >= 11 is 6.12. The van der Waals surface area contributed by atoms with Gasteiger partial charge in [-0.25, -0.2) is 13.1 Å². The number of halogens is 1. The monoisotopic (exact) mass is 378 g/mol. The van der Waals surface area contributed by atoms with E-state index in [-0.39, 0.29) is 16.0 Å². The molecule has 1 aliphatic heterocycles. The summed E-state index contributed by atoms with van der Waals surface area (Å²) < 4.78 is 28.0. The van der Waals surface area contributed by atoms with Gasteiger partial charge in [0, 0.05) is 25.7 Å². The summed E-state index contributed by atoms with van der Waals surface area (Å²) in [4.78, 5) is 2.52. The molecule has 1 saturated heterocycles. The van der Waals surface area contributed by atoms with Crippen molar-refractivity contribution in [2.45, 2.75) is 37.2 Å². The van der Waals surface area contributed by atoms with Crippen LogP contribution in [0.3, 0.4) is 0 Å². The maximum Gasteiger partial charge on any atom is 0.242 e. The van der Waals surface area contributed by atoms with Gasteiger partial charge in [-0.05, 0) is 43.0 Å². The second-order valence-electron chi connectivity index (χ2n) is 6.59. The molecule has 3 rings (SSSR count). The molecule has 0 atom stereocenters. The van der Waals surface area contributed by atoms with Gasteiger partial charge in [0.15, 0.2) is 0 Å². The Labute approximate surface area is 154 Å². The summed E-state index contributed by atoms with van der Waals surface area (Å²) in [5.41, 5.74) is 2.23. The van der Waals surface area contributed by atoms with Gasteiger partial charge in [0.2, 0.25) is 10.0 Å². The minimum Gasteiger partial charge on any atom is -0.299 e. The number of likely N-dealkylation sites (tertiary alicyclic amines) is 1. The zero-order valence-corrected chi connectivity index (χ0v) is 15.9. The first-order valence-corrected chi connectivity index (χ1v) is 10.3. The number of nitrogens with zero attached hydrogens (tertiary/aromatic N) is 1. The normalized spacial score (nSPS) is 16.9. The third kappa shape index (κ3) is 4.82. The highest BCUT2D eigenvalue weighted by atomic mass is 35.5. The molecule has 134 valence electrons. The van der Waals surface area contributed by atoms with E-state index in [0.29, 0.717) is 0 Å². The van der Waals surface area contributed by atoms with E-state index in [1.165, 1.54) is 5.56 Å². The van der Waals surface area contributed by atoms with Crippen LogP contribution in [0.5, 0.6) is 0 Å². The van der Waals surface area contributed by atoms with Gasteiger partial charge in [-0.1, -0.05) is 48.0 Å². The molecule has 0 aromatic heterocycles. The van der Waals surface area contributed by atoms with Crippen LogP contribution >= 0.6 is 11.6 Å². The number of aryl methyl sites for hydroxylation is 1. The van der Waals surface area contributed by atoms with Crippen molar-refractivity contribution >= 4 is 21.6 Å². The smallest absolute Gasteiger partial charge is 0.242 e. The van der Waals surface area contributed by atoms with E-state index >= 15 is 0 Å². The van der Waals surface area contributed by atoms with Crippen LogP contribution in [0.15, 0.2) is 53.4 Å². The van der Waals surface area contributed by atoms with Crippen molar-refractivity contribution in [3.63, 3.8) is 0 Å². The number of hydrogen-bond acceptors (Lipinski definition) is 3. The molecule has 0 amide bonds. The second kappa shape index (κ2) is 7.87. The van der Waals surface area contributed by atoms with Gasteiger partial charge in [0.1, 0.15) is 4.90 Å². The Morgan fingerprint density at radius 2 is 1.80 bits per heavy atom. The summed E-state index contributed by atoms with van der Waals surface area (Å²) in [7, 11) is -3.58. The molecule has 6 heteroatoms. The molecule has 0 unspecified atom stereocenters. The fourth-order valence-corrected chi connectivity index (χ4v) is 5.06. The van der Waals surface area contributed by atoms with Gasteiger partial charge < -0.3 is 0 Å². The maximum atomic E-state index is 12.6. The quantitative estimate of drug-likeness (QED) is 0.864. The first-order chi connectivity index (χ1) is 11.9. The molecule has 0 bridgehead atoms. The molecule has 25 heavy (non-hydrogen) atoms. The summed E-state index contributed by atoms with van der Waals surface area (Å²) in [5, 5.41) is 0.272. The van der Waals surface area contributed by atoms with E-state index in [0.717, 1.165) is 38.0 Å². The fourth-order valence-electron chi connectivity index (χ4n) is 3.16. The minimum absolute atomic E-state index is 0.0469. The summed E-state index contributed by atoms with van der Waals surface area (Å²) in [6.45, 7) is 4.55. The first-order valence-electron chi connectivity index (χ1n) is 8.49. The third-order valence-corrected chi connectivity index (χ3v) is 6.54. The maximum absolute atomic E-state index is 12.6. The topological polar surface area (TPSA) is 49.4 Å². The number of sulfonamides is 1. The van der Waals surface area contributed by atoms with Crippen molar-refractivity contribution in [1.29, 1.82) is 0 Å². The van der Waals surface area contributed by atoms with Gasteiger partial charge in [0.25, 0.3) is 0 Å². The van der Waals surface area contributed by atoms with Gasteiger partial charge >= 0.3 is 0 Å². The molecular weight excluding hydrogens is 356 g/mol. The van der Waals surface area contributed by atoms with Gasteiger partial charge in [-0.3, -0.25) is 4.90 Å². The van der Waals surface area contributed by atoms with Crippen LogP contribution in [-0.4, -0.2) is 32.4 Å². The Kier molecular flexibility index (Phi) is 5.79. The molecule has 0 spiro atoms. The first kappa shape index (κ1) is 18.4. The van der Waals surface area contributed by atoms with E-state index in [9.17, 15) is 8.42 Å². The lowest BCUT2D eigenvalue weighted by Crippen LogP contribution is -2.44. The van der Waals surface area contributed by atoms with Gasteiger partial charge in [0.05, 0.1) is 5.02 Å². The lowest BCUT2D eigenvalue weighted by atomic mass is 10.1. The zero-order chi connectivity index (χ0) is 17.9. The molecule has 1 N–H and O–H groups in total. The van der Waals surface area contributed by atoms with Gasteiger partial charge in [-0.15, -0.1) is 0 Å². The van der Waals surface area contributed by atoms with Crippen molar-refractivity contribution in [2.24, 2.45) is 0 Å². The van der Waals surface area contributed by atoms with Crippen molar-refractivity contribution in [3.05, 3.63) is 64.7 Å². The van der Waals surface area contributed by atoms with Crippen LogP contribution in [0.4, 0.5) is 0 Å². The Balaban J connectivity index is 1.58. The molecule has 1 heterocycles. The predicted octanol–water partition coefficient (Wildman–Crippen LogP) is 3.59. The van der Waals surface area contributed by atoms with E-state index < -0.39 is 10.0 Å². The number of hydrogen-bond donors (Lipinski definition) is 1. The highest BCUT2D eigenvalue weighted by molar-refractivity contribution is 7.89. The molecule has 2 aromatic rings. The molecule has 0 saturated carbocycles. The van der Waals surface area contributed by atoms with Crippen LogP contribution in [-0.2, 0) is 16.6 Å². The Hall–Kier alpha value is -1.40. The van der Waals surface area contributed by atoms with Crippen molar-refractivity contribution in [1.82, 2.24) is 9.62 Å². The highest BCUT2D eigenvalue weighted by Gasteiger charge is 2.26. The summed E-state index contributed by atoms with van der Waals surface area (Å²) in [6, 6.07) is 15.3. The molecule has 1 fully saturated rings. The average Bonchev–Trinajstić information content (AvgIpc) is 2.57. The fraction of sp³-hybridized carbons (Fsp3) is 0.368. The van der Waals surface area contributed by atoms with Crippen LogP contribution in [0, 0.1) is 6.92 Å². The Bertz CT molecular complexity index is 817. The van der Waals surface area contributed by atoms with E-state index in [1.54, 1.807) is 18.2 Å². The van der Waals surface area contributed by atoms with Gasteiger partial charge in [-0.2, -0.15) is 0 Å². The third-order valence-electron chi connectivity index (χ3n) is 4.54. The Morgan fingerprint density at radius 3 is 2.44 bits per heavy atom. The lowest BCUT2D eigenvalue weighted by Gasteiger charge is -2.32. The summed E-state index contributed by atoms with van der Waals surface area (Å²) in [6.07, 6.45) is 1.60. The van der Waals surface area contributed by atoms with Crippen LogP contribution < -0.4 is 4.72 Å². The average molecular weight is 379 g/mol. The largest absolute Gasteiger partial charge is 0.299 e. The van der Waals surface area contributed by atoms with Crippen LogP contribution in [0.2, 0.25) is 5.02 Å². The SMILES string of the molecule is Cc1ccc(S(=O)(=O)NC2CCN(Cc3ccccc3)CC2)c(Cl)c1. The van der Waals surface area contributed by atoms with E-state index in [1.807, 2.05) is 25.1 Å². The minimum atomic E-state index is -3.58. The molecular formula is C19H23ClN2O2S. The van der Waals surface area contributed by atoms with Crippen molar-refractivity contribution in [3.8, 4) is 0 Å². The summed E-state index contributed by atoms with van der Waals surface area (Å²) in [5.74, 6) is 0. The number of nitrogens with one attached hydrogen (secondary N) is 1. The van der Waals surface area contributed by atoms with Crippen molar-refractivity contribution in [2.75, 3.05) is 13.1 Å². The molecule has 0 radical (unpaired) electrons. The number of piperidine rings is 1. The zero-order valence-electron chi connectivity index (χ0n) is 14.3. The van der Waals surface area contributed by atoms with Crippen molar-refractivity contribution < 1.29 is 8.42 Å².